The molecule has 0 saturated carbocycles. The van der Waals surface area contributed by atoms with Crippen molar-refractivity contribution in [1.29, 1.82) is 0 Å². The molecule has 0 bridgehead atoms. The average Bonchev–Trinajstić information content (AvgIpc) is 2.59. The van der Waals surface area contributed by atoms with Crippen LogP contribution in [0.25, 0.3) is 0 Å². The van der Waals surface area contributed by atoms with Crippen molar-refractivity contribution < 1.29 is 24.2 Å². The van der Waals surface area contributed by atoms with Crippen LogP contribution in [0.2, 0.25) is 0 Å². The zero-order chi connectivity index (χ0) is 16.7. The van der Waals surface area contributed by atoms with Crippen molar-refractivity contribution in [1.82, 2.24) is 5.32 Å². The quantitative estimate of drug-likeness (QED) is 0.799. The lowest BCUT2D eigenvalue weighted by molar-refractivity contribution is -0.145. The van der Waals surface area contributed by atoms with Gasteiger partial charge in [-0.05, 0) is 18.4 Å². The number of ether oxygens (including phenoxy) is 2. The zero-order valence-electron chi connectivity index (χ0n) is 13.2. The maximum absolute atomic E-state index is 12.6. The van der Waals surface area contributed by atoms with Crippen molar-refractivity contribution in [3.05, 3.63) is 35.9 Å². The minimum atomic E-state index is -1.05. The number of nitrogens with one attached hydrogen (secondary N) is 1. The van der Waals surface area contributed by atoms with Gasteiger partial charge in [0.2, 0.25) is 5.91 Å². The highest BCUT2D eigenvalue weighted by Gasteiger charge is 2.34. The molecule has 23 heavy (non-hydrogen) atoms. The molecule has 1 fully saturated rings. The van der Waals surface area contributed by atoms with Gasteiger partial charge in [0.05, 0.1) is 12.0 Å². The van der Waals surface area contributed by atoms with Gasteiger partial charge in [0.25, 0.3) is 0 Å². The number of hydrogen-bond donors (Lipinski definition) is 2. The predicted octanol–water partition coefficient (Wildman–Crippen LogP) is 1.76. The van der Waals surface area contributed by atoms with Crippen LogP contribution in [0, 0.1) is 5.92 Å². The van der Waals surface area contributed by atoms with Crippen molar-refractivity contribution >= 4 is 11.9 Å². The summed E-state index contributed by atoms with van der Waals surface area (Å²) >= 11 is 0. The number of carbonyl (C=O) groups excluding carboxylic acids is 1. The summed E-state index contributed by atoms with van der Waals surface area (Å²) in [5.41, 5.74) is 0.941. The topological polar surface area (TPSA) is 84.9 Å². The summed E-state index contributed by atoms with van der Waals surface area (Å²) in [6.45, 7) is 0.885. The second-order valence-corrected chi connectivity index (χ2v) is 5.63. The van der Waals surface area contributed by atoms with Crippen LogP contribution in [0.15, 0.2) is 30.3 Å². The lowest BCUT2D eigenvalue weighted by Gasteiger charge is -2.32. The normalized spacial score (nSPS) is 22.3. The van der Waals surface area contributed by atoms with Crippen LogP contribution < -0.4 is 5.32 Å². The van der Waals surface area contributed by atoms with Gasteiger partial charge in [-0.2, -0.15) is 0 Å². The Labute approximate surface area is 135 Å². The molecule has 1 aliphatic heterocycles. The molecule has 1 amide bonds. The van der Waals surface area contributed by atoms with Crippen LogP contribution in [-0.2, 0) is 19.1 Å². The maximum Gasteiger partial charge on any atom is 0.326 e. The monoisotopic (exact) mass is 321 g/mol. The fourth-order valence-electron chi connectivity index (χ4n) is 2.79. The second-order valence-electron chi connectivity index (χ2n) is 5.63. The lowest BCUT2D eigenvalue weighted by Crippen LogP contribution is -2.46. The van der Waals surface area contributed by atoms with Gasteiger partial charge in [-0.25, -0.2) is 4.79 Å². The van der Waals surface area contributed by atoms with E-state index in [2.05, 4.69) is 5.32 Å². The number of methoxy groups -OCH3 is 1. The van der Waals surface area contributed by atoms with Gasteiger partial charge < -0.3 is 19.9 Å². The van der Waals surface area contributed by atoms with E-state index < -0.39 is 12.0 Å². The minimum Gasteiger partial charge on any atom is -0.480 e. The third-order valence-corrected chi connectivity index (χ3v) is 4.01. The summed E-state index contributed by atoms with van der Waals surface area (Å²) in [6, 6.07) is 8.63. The van der Waals surface area contributed by atoms with Crippen LogP contribution in [0.5, 0.6) is 0 Å². The Balaban J connectivity index is 2.07. The first-order valence-electron chi connectivity index (χ1n) is 7.82. The van der Waals surface area contributed by atoms with Gasteiger partial charge in [-0.3, -0.25) is 4.79 Å². The van der Waals surface area contributed by atoms with E-state index in [1.165, 1.54) is 7.11 Å². The average molecular weight is 321 g/mol. The van der Waals surface area contributed by atoms with Gasteiger partial charge in [0.15, 0.2) is 0 Å². The maximum atomic E-state index is 12.6. The van der Waals surface area contributed by atoms with E-state index >= 15 is 0 Å². The van der Waals surface area contributed by atoms with Crippen molar-refractivity contribution in [3.63, 3.8) is 0 Å². The first kappa shape index (κ1) is 17.4. The number of amides is 1. The smallest absolute Gasteiger partial charge is 0.326 e. The summed E-state index contributed by atoms with van der Waals surface area (Å²) in [7, 11) is 1.50. The van der Waals surface area contributed by atoms with Gasteiger partial charge >= 0.3 is 5.97 Å². The van der Waals surface area contributed by atoms with Gasteiger partial charge in [0.1, 0.15) is 6.04 Å². The van der Waals surface area contributed by atoms with Crippen molar-refractivity contribution in [2.75, 3.05) is 20.3 Å². The predicted molar refractivity (Wildman–Crippen MR) is 83.9 cm³/mol. The SMILES string of the molecule is COCCC(NC(=O)C1CCCOC1c1ccccc1)C(=O)O. The van der Waals surface area contributed by atoms with E-state index in [4.69, 9.17) is 9.47 Å². The van der Waals surface area contributed by atoms with Gasteiger partial charge in [-0.1, -0.05) is 30.3 Å². The molecule has 3 atom stereocenters. The molecule has 2 N–H and O–H groups in total. The minimum absolute atomic E-state index is 0.237. The Morgan fingerprint density at radius 3 is 2.78 bits per heavy atom. The molecule has 1 heterocycles. The first-order chi connectivity index (χ1) is 11.1. The summed E-state index contributed by atoms with van der Waals surface area (Å²) in [5.74, 6) is -1.71. The van der Waals surface area contributed by atoms with Crippen LogP contribution in [-0.4, -0.2) is 43.3 Å². The van der Waals surface area contributed by atoms with E-state index in [9.17, 15) is 14.7 Å². The van der Waals surface area contributed by atoms with E-state index in [1.54, 1.807) is 0 Å². The molecule has 1 aromatic carbocycles. The number of hydrogen-bond acceptors (Lipinski definition) is 4. The first-order valence-corrected chi connectivity index (χ1v) is 7.82. The van der Waals surface area contributed by atoms with Crippen LogP contribution in [0.4, 0.5) is 0 Å². The van der Waals surface area contributed by atoms with Crippen LogP contribution in [0.3, 0.4) is 0 Å². The summed E-state index contributed by atoms with van der Waals surface area (Å²) < 4.78 is 10.7. The second kappa shape index (κ2) is 8.64. The molecule has 2 rings (SSSR count). The molecule has 0 spiro atoms. The summed E-state index contributed by atoms with van der Waals surface area (Å²) in [6.07, 6.45) is 1.38. The highest BCUT2D eigenvalue weighted by Crippen LogP contribution is 2.33. The lowest BCUT2D eigenvalue weighted by atomic mass is 9.88. The molecule has 1 aliphatic rings. The molecule has 126 valence electrons. The Morgan fingerprint density at radius 2 is 2.13 bits per heavy atom. The van der Waals surface area contributed by atoms with Crippen molar-refractivity contribution in [2.24, 2.45) is 5.92 Å². The Hall–Kier alpha value is -1.92. The molecule has 1 aromatic rings. The number of aliphatic carboxylic acids is 1. The van der Waals surface area contributed by atoms with Gasteiger partial charge in [-0.15, -0.1) is 0 Å². The van der Waals surface area contributed by atoms with E-state index in [0.717, 1.165) is 12.0 Å². The van der Waals surface area contributed by atoms with Crippen molar-refractivity contribution in [3.8, 4) is 0 Å². The molecule has 0 aromatic heterocycles. The Kier molecular flexibility index (Phi) is 6.55. The fourth-order valence-corrected chi connectivity index (χ4v) is 2.79. The molecule has 1 saturated heterocycles. The standard InChI is InChI=1S/C17H23NO5/c1-22-11-9-14(17(20)21)18-16(19)13-8-5-10-23-15(13)12-6-3-2-4-7-12/h2-4,6-7,13-15H,5,8-11H2,1H3,(H,18,19)(H,20,21). The Morgan fingerprint density at radius 1 is 1.39 bits per heavy atom. The van der Waals surface area contributed by atoms with E-state index in [0.29, 0.717) is 13.0 Å². The molecule has 6 heteroatoms. The number of carbonyl (C=O) groups is 2. The number of carboxylic acids is 1. The van der Waals surface area contributed by atoms with Crippen LogP contribution in [0.1, 0.15) is 30.9 Å². The molecular formula is C17H23NO5. The van der Waals surface area contributed by atoms with Gasteiger partial charge in [0, 0.05) is 26.7 Å². The molecule has 0 aliphatic carbocycles. The molecular weight excluding hydrogens is 298 g/mol. The number of rotatable bonds is 7. The van der Waals surface area contributed by atoms with E-state index in [-0.39, 0.29) is 31.0 Å². The fraction of sp³-hybridized carbons (Fsp3) is 0.529. The zero-order valence-corrected chi connectivity index (χ0v) is 13.2. The molecule has 0 radical (unpaired) electrons. The largest absolute Gasteiger partial charge is 0.480 e. The van der Waals surface area contributed by atoms with Crippen LogP contribution >= 0.6 is 0 Å². The van der Waals surface area contributed by atoms with E-state index in [1.807, 2.05) is 30.3 Å². The molecule has 3 unspecified atom stereocenters. The molecule has 6 nitrogen and oxygen atoms in total. The summed E-state index contributed by atoms with van der Waals surface area (Å²) in [5, 5.41) is 11.9. The number of benzene rings is 1. The third kappa shape index (κ3) is 4.77. The highest BCUT2D eigenvalue weighted by molar-refractivity contribution is 5.85. The summed E-state index contributed by atoms with van der Waals surface area (Å²) in [4.78, 5) is 23.8. The van der Waals surface area contributed by atoms with Crippen molar-refractivity contribution in [2.45, 2.75) is 31.4 Å². The number of carboxylic acid groups (broad SMARTS) is 1. The Bertz CT molecular complexity index is 519. The highest BCUT2D eigenvalue weighted by atomic mass is 16.5. The third-order valence-electron chi connectivity index (χ3n) is 4.01.